The lowest BCUT2D eigenvalue weighted by molar-refractivity contribution is 0.862. The Labute approximate surface area is 62.6 Å². The number of hydrogen-bond acceptors (Lipinski definition) is 2. The molecule has 0 aromatic carbocycles. The van der Waals surface area contributed by atoms with Crippen LogP contribution in [-0.4, -0.2) is 14.8 Å². The van der Waals surface area contributed by atoms with Crippen LogP contribution in [0, 0.1) is 0 Å². The van der Waals surface area contributed by atoms with Gasteiger partial charge in [-0.1, -0.05) is 23.4 Å². The molecule has 0 saturated carbocycles. The maximum atomic E-state index is 3.89. The minimum absolute atomic E-state index is 1.09. The minimum Gasteiger partial charge on any atom is -0.219 e. The van der Waals surface area contributed by atoms with E-state index in [1.807, 2.05) is 12.3 Å². The molecule has 0 aliphatic heterocycles. The summed E-state index contributed by atoms with van der Waals surface area (Å²) in [6.45, 7) is 0. The fourth-order valence-corrected chi connectivity index (χ4v) is 1.44. The Morgan fingerprint density at radius 1 is 1.36 bits per heavy atom. The molecule has 0 bridgehead atoms. The van der Waals surface area contributed by atoms with Crippen LogP contribution >= 0.6 is 0 Å². The van der Waals surface area contributed by atoms with Crippen molar-refractivity contribution in [2.24, 2.45) is 0 Å². The van der Waals surface area contributed by atoms with Crippen molar-refractivity contribution in [1.29, 1.82) is 0 Å². The summed E-state index contributed by atoms with van der Waals surface area (Å²) in [5.41, 5.74) is 2.32. The number of nitrogens with zero attached hydrogens (tertiary/aromatic N) is 3. The summed E-state index contributed by atoms with van der Waals surface area (Å²) >= 11 is 0. The van der Waals surface area contributed by atoms with Gasteiger partial charge in [-0.3, -0.25) is 0 Å². The van der Waals surface area contributed by atoms with Gasteiger partial charge in [-0.05, 0) is 0 Å². The molecule has 2 aromatic heterocycles. The lowest BCUT2D eigenvalue weighted by Gasteiger charge is -1.74. The van der Waals surface area contributed by atoms with Gasteiger partial charge in [-0.25, -0.2) is 4.52 Å². The third-order valence-electron chi connectivity index (χ3n) is 1.96. The van der Waals surface area contributed by atoms with Crippen molar-refractivity contribution in [3.8, 4) is 0 Å². The Balaban J connectivity index is 2.68. The van der Waals surface area contributed by atoms with Crippen LogP contribution < -0.4 is 5.22 Å². The van der Waals surface area contributed by atoms with Gasteiger partial charge in [0.25, 0.3) is 0 Å². The Morgan fingerprint density at radius 2 is 2.36 bits per heavy atom. The predicted molar refractivity (Wildman–Crippen MR) is 41.7 cm³/mol. The molecule has 0 radical (unpaired) electrons. The van der Waals surface area contributed by atoms with Crippen LogP contribution in [0.15, 0.2) is 18.5 Å². The van der Waals surface area contributed by atoms with Gasteiger partial charge in [0.15, 0.2) is 0 Å². The molecule has 0 spiro atoms. The first-order valence-electron chi connectivity index (χ1n) is 3.46. The highest BCUT2D eigenvalue weighted by Gasteiger charge is 2.05. The fourth-order valence-electron chi connectivity index (χ4n) is 1.44. The molecule has 1 aliphatic carbocycles. The van der Waals surface area contributed by atoms with Crippen LogP contribution in [0.5, 0.6) is 0 Å². The van der Waals surface area contributed by atoms with E-state index >= 15 is 0 Å². The first kappa shape index (κ1) is 5.07. The van der Waals surface area contributed by atoms with E-state index in [9.17, 15) is 0 Å². The second-order valence-corrected chi connectivity index (χ2v) is 2.59. The van der Waals surface area contributed by atoms with E-state index in [1.165, 1.54) is 10.8 Å². The Hall–Kier alpha value is -1.64. The predicted octanol–water partition coefficient (Wildman–Crippen LogP) is 0.255. The molecule has 0 atom stereocenters. The van der Waals surface area contributed by atoms with E-state index in [0.717, 1.165) is 5.52 Å². The summed E-state index contributed by atoms with van der Waals surface area (Å²) in [5.74, 6) is 0. The molecule has 0 N–H and O–H groups in total. The maximum Gasteiger partial charge on any atom is 0.0944 e. The van der Waals surface area contributed by atoms with Crippen LogP contribution in [0.3, 0.4) is 0 Å². The number of hydrogen-bond donors (Lipinski definition) is 0. The zero-order valence-corrected chi connectivity index (χ0v) is 5.73. The summed E-state index contributed by atoms with van der Waals surface area (Å²) in [4.78, 5) is 0. The smallest absolute Gasteiger partial charge is 0.0944 e. The molecule has 0 amide bonds. The average molecular weight is 143 g/mol. The Kier molecular flexibility index (Phi) is 0.692. The van der Waals surface area contributed by atoms with E-state index < -0.39 is 0 Å². The average Bonchev–Trinajstić information content (AvgIpc) is 2.52. The van der Waals surface area contributed by atoms with Crippen molar-refractivity contribution in [2.45, 2.75) is 0 Å². The normalized spacial score (nSPS) is 13.8. The van der Waals surface area contributed by atoms with Gasteiger partial charge >= 0.3 is 0 Å². The number of allylic oxidation sites excluding steroid dienone is 1. The summed E-state index contributed by atoms with van der Waals surface area (Å²) in [6, 6.07) is 0. The second-order valence-electron chi connectivity index (χ2n) is 2.59. The van der Waals surface area contributed by atoms with Gasteiger partial charge in [-0.15, -0.1) is 5.10 Å². The molecular formula is C8H5N3. The lowest BCUT2D eigenvalue weighted by atomic mass is 10.3. The SMILES string of the molecule is C1=Cc2cn3nncc3c2=C1. The Morgan fingerprint density at radius 3 is 3.36 bits per heavy atom. The van der Waals surface area contributed by atoms with E-state index in [1.54, 1.807) is 10.7 Å². The summed E-state index contributed by atoms with van der Waals surface area (Å²) in [5, 5.41) is 8.93. The second kappa shape index (κ2) is 1.50. The third kappa shape index (κ3) is 0.487. The van der Waals surface area contributed by atoms with Crippen LogP contribution in [0.4, 0.5) is 0 Å². The summed E-state index contributed by atoms with van der Waals surface area (Å²) < 4.78 is 1.80. The molecule has 11 heavy (non-hydrogen) atoms. The molecule has 0 unspecified atom stereocenters. The molecule has 52 valence electrons. The van der Waals surface area contributed by atoms with Crippen molar-refractivity contribution >= 4 is 17.7 Å². The van der Waals surface area contributed by atoms with Gasteiger partial charge in [0, 0.05) is 17.0 Å². The first-order valence-corrected chi connectivity index (χ1v) is 3.46. The number of rotatable bonds is 0. The Bertz CT molecular complexity index is 493. The molecule has 3 heteroatoms. The minimum atomic E-state index is 1.09. The van der Waals surface area contributed by atoms with Crippen molar-refractivity contribution in [2.75, 3.05) is 0 Å². The molecular weight excluding hydrogens is 138 g/mol. The van der Waals surface area contributed by atoms with Crippen LogP contribution in [0.2, 0.25) is 0 Å². The van der Waals surface area contributed by atoms with Crippen molar-refractivity contribution < 1.29 is 0 Å². The van der Waals surface area contributed by atoms with Crippen LogP contribution in [-0.2, 0) is 0 Å². The van der Waals surface area contributed by atoms with Crippen molar-refractivity contribution in [1.82, 2.24) is 14.8 Å². The zero-order chi connectivity index (χ0) is 7.26. The third-order valence-corrected chi connectivity index (χ3v) is 1.96. The van der Waals surface area contributed by atoms with Crippen molar-refractivity contribution in [3.63, 3.8) is 0 Å². The van der Waals surface area contributed by atoms with Gasteiger partial charge in [0.05, 0.1) is 11.7 Å². The molecule has 3 rings (SSSR count). The van der Waals surface area contributed by atoms with Crippen LogP contribution in [0.25, 0.3) is 17.7 Å². The fraction of sp³-hybridized carbons (Fsp3) is 0. The highest BCUT2D eigenvalue weighted by molar-refractivity contribution is 5.73. The summed E-state index contributed by atoms with van der Waals surface area (Å²) in [6.07, 6.45) is 9.95. The largest absolute Gasteiger partial charge is 0.219 e. The maximum absolute atomic E-state index is 3.89. The molecule has 3 nitrogen and oxygen atoms in total. The van der Waals surface area contributed by atoms with Crippen LogP contribution in [0.1, 0.15) is 5.56 Å². The van der Waals surface area contributed by atoms with E-state index in [4.69, 9.17) is 0 Å². The standard InChI is InChI=1S/C8H5N3/c1-2-6-5-11-8(4-9-10-11)7(6)3-1/h1-5H. The molecule has 2 aromatic rings. The van der Waals surface area contributed by atoms with Gasteiger partial charge < -0.3 is 0 Å². The number of fused-ring (bicyclic) bond motifs is 3. The lowest BCUT2D eigenvalue weighted by Crippen LogP contribution is -1.95. The molecule has 0 saturated heterocycles. The van der Waals surface area contributed by atoms with E-state index in [2.05, 4.69) is 22.5 Å². The van der Waals surface area contributed by atoms with Crippen molar-refractivity contribution in [3.05, 3.63) is 29.3 Å². The van der Waals surface area contributed by atoms with Gasteiger partial charge in [-0.2, -0.15) is 0 Å². The monoisotopic (exact) mass is 143 g/mol. The molecule has 2 heterocycles. The highest BCUT2D eigenvalue weighted by atomic mass is 15.4. The number of aromatic nitrogens is 3. The zero-order valence-electron chi connectivity index (χ0n) is 5.73. The molecule has 1 aliphatic rings. The summed E-state index contributed by atoms with van der Waals surface area (Å²) in [7, 11) is 0. The van der Waals surface area contributed by atoms with Gasteiger partial charge in [0.1, 0.15) is 0 Å². The molecule has 0 fully saturated rings. The quantitative estimate of drug-likeness (QED) is 0.529. The van der Waals surface area contributed by atoms with E-state index in [-0.39, 0.29) is 0 Å². The van der Waals surface area contributed by atoms with E-state index in [0.29, 0.717) is 0 Å². The first-order chi connectivity index (χ1) is 5.45. The highest BCUT2D eigenvalue weighted by Crippen LogP contribution is 2.06. The topological polar surface area (TPSA) is 30.2 Å². The van der Waals surface area contributed by atoms with Gasteiger partial charge in [0.2, 0.25) is 0 Å².